The Morgan fingerprint density at radius 2 is 1.91 bits per heavy atom. The Labute approximate surface area is 207 Å². The van der Waals surface area contributed by atoms with Crippen molar-refractivity contribution in [1.82, 2.24) is 9.55 Å². The zero-order chi connectivity index (χ0) is 22.5. The molecule has 5 rings (SSSR count). The quantitative estimate of drug-likeness (QED) is 0.204. The Hall–Kier alpha value is -1.64. The molecule has 2 aromatic heterocycles. The minimum absolute atomic E-state index is 0.0363. The van der Waals surface area contributed by atoms with Crippen LogP contribution in [-0.2, 0) is 23.5 Å². The molecule has 0 saturated heterocycles. The molecule has 32 heavy (non-hydrogen) atoms. The third-order valence-corrected chi connectivity index (χ3v) is 8.33. The summed E-state index contributed by atoms with van der Waals surface area (Å²) < 4.78 is 8.74. The van der Waals surface area contributed by atoms with Crippen LogP contribution in [0.5, 0.6) is 0 Å². The Morgan fingerprint density at radius 1 is 1.19 bits per heavy atom. The predicted molar refractivity (Wildman–Crippen MR) is 137 cm³/mol. The molecule has 164 valence electrons. The first kappa shape index (κ1) is 22.2. The van der Waals surface area contributed by atoms with Gasteiger partial charge in [-0.25, -0.2) is 4.98 Å². The second-order valence-electron chi connectivity index (χ2n) is 8.34. The lowest BCUT2D eigenvalue weighted by Crippen LogP contribution is -2.32. The van der Waals surface area contributed by atoms with Crippen LogP contribution >= 0.6 is 50.6 Å². The molecule has 2 aromatic carbocycles. The van der Waals surface area contributed by atoms with Gasteiger partial charge in [0.1, 0.15) is 4.83 Å². The number of benzene rings is 2. The van der Waals surface area contributed by atoms with E-state index in [0.29, 0.717) is 34.3 Å². The molecule has 0 radical (unpaired) electrons. The van der Waals surface area contributed by atoms with Gasteiger partial charge in [-0.15, -0.1) is 11.3 Å². The van der Waals surface area contributed by atoms with E-state index in [1.165, 1.54) is 0 Å². The predicted octanol–water partition coefficient (Wildman–Crippen LogP) is 7.01. The number of hydrogen-bond acceptors (Lipinski definition) is 5. The molecule has 4 aromatic rings. The fourth-order valence-electron chi connectivity index (χ4n) is 3.82. The molecule has 4 nitrogen and oxygen atoms in total. The Kier molecular flexibility index (Phi) is 5.97. The van der Waals surface area contributed by atoms with Gasteiger partial charge in [0.25, 0.3) is 5.56 Å². The molecule has 0 unspecified atom stereocenters. The first-order chi connectivity index (χ1) is 15.3. The maximum absolute atomic E-state index is 13.9. The van der Waals surface area contributed by atoms with Gasteiger partial charge < -0.3 is 4.74 Å². The van der Waals surface area contributed by atoms with E-state index >= 15 is 0 Å². The maximum atomic E-state index is 13.9. The molecule has 0 saturated carbocycles. The van der Waals surface area contributed by atoms with E-state index in [0.717, 1.165) is 31.0 Å². The normalized spacial score (nSPS) is 15.1. The summed E-state index contributed by atoms with van der Waals surface area (Å²) in [6.07, 6.45) is 0.700. The summed E-state index contributed by atoms with van der Waals surface area (Å²) in [4.78, 5) is 20.7. The smallest absolute Gasteiger partial charge is 0.267 e. The highest BCUT2D eigenvalue weighted by Gasteiger charge is 2.31. The molecule has 0 spiro atoms. The van der Waals surface area contributed by atoms with Crippen molar-refractivity contribution in [3.05, 3.63) is 84.4 Å². The molecule has 0 atom stereocenters. The second-order valence-corrected chi connectivity index (χ2v) is 11.7. The number of hydrogen-bond donors (Lipinski definition) is 0. The minimum Gasteiger partial charge on any atom is -0.370 e. The van der Waals surface area contributed by atoms with E-state index in [1.54, 1.807) is 39.8 Å². The average molecular weight is 548 g/mol. The van der Waals surface area contributed by atoms with Crippen molar-refractivity contribution < 1.29 is 4.74 Å². The van der Waals surface area contributed by atoms with Crippen LogP contribution in [0.15, 0.2) is 63.0 Å². The highest BCUT2D eigenvalue weighted by atomic mass is 79.9. The molecule has 1 aliphatic heterocycles. The van der Waals surface area contributed by atoms with E-state index < -0.39 is 0 Å². The molecule has 0 fully saturated rings. The number of ether oxygens (including phenoxy) is 1. The number of nitrogens with zero attached hydrogens (tertiary/aromatic N) is 2. The molecule has 3 heterocycles. The summed E-state index contributed by atoms with van der Waals surface area (Å²) in [5.41, 5.74) is 2.67. The average Bonchev–Trinajstić information content (AvgIpc) is 3.11. The van der Waals surface area contributed by atoms with Crippen LogP contribution in [0.3, 0.4) is 0 Å². The summed E-state index contributed by atoms with van der Waals surface area (Å²) >= 11 is 12.7. The van der Waals surface area contributed by atoms with Crippen molar-refractivity contribution >= 4 is 60.8 Å². The third-order valence-electron chi connectivity index (χ3n) is 5.44. The molecular weight excluding hydrogens is 528 g/mol. The van der Waals surface area contributed by atoms with E-state index in [9.17, 15) is 4.79 Å². The fourth-order valence-corrected chi connectivity index (χ4v) is 6.32. The van der Waals surface area contributed by atoms with Gasteiger partial charge in [0, 0.05) is 26.5 Å². The van der Waals surface area contributed by atoms with E-state index in [1.807, 2.05) is 24.3 Å². The Bertz CT molecular complexity index is 1360. The minimum atomic E-state index is -0.298. The fraction of sp³-hybridized carbons (Fsp3) is 0.250. The molecule has 0 aliphatic carbocycles. The van der Waals surface area contributed by atoms with E-state index in [-0.39, 0.29) is 11.2 Å². The highest BCUT2D eigenvalue weighted by Crippen LogP contribution is 2.38. The van der Waals surface area contributed by atoms with Crippen molar-refractivity contribution in [3.8, 4) is 5.69 Å². The van der Waals surface area contributed by atoms with Crippen LogP contribution in [0.25, 0.3) is 15.9 Å². The second kappa shape index (κ2) is 8.61. The number of halogens is 2. The van der Waals surface area contributed by atoms with Gasteiger partial charge in [-0.05, 0) is 61.4 Å². The number of fused-ring (bicyclic) bond motifs is 3. The van der Waals surface area contributed by atoms with Crippen LogP contribution in [0.1, 0.15) is 29.9 Å². The first-order valence-electron chi connectivity index (χ1n) is 10.2. The lowest BCUT2D eigenvalue weighted by Gasteiger charge is -2.29. The SMILES string of the molecule is CC1(C)Cc2c(sc3nc(SCc4ccc(Br)cc4)n(-c4ccc(Cl)cc4)c(=O)c23)CO1. The van der Waals surface area contributed by atoms with Gasteiger partial charge in [0.05, 0.1) is 23.3 Å². The monoisotopic (exact) mass is 546 g/mol. The van der Waals surface area contributed by atoms with Gasteiger partial charge in [-0.3, -0.25) is 9.36 Å². The molecule has 0 amide bonds. The summed E-state index contributed by atoms with van der Waals surface area (Å²) in [5, 5.41) is 2.02. The maximum Gasteiger partial charge on any atom is 0.267 e. The standard InChI is InChI=1S/C24H20BrClN2O2S2/c1-24(2)11-18-19(12-30-24)32-21-20(18)22(29)28(17-9-7-16(26)8-10-17)23(27-21)31-13-14-3-5-15(25)6-4-14/h3-10H,11-13H2,1-2H3. The number of thiophene rings is 1. The Balaban J connectivity index is 1.66. The number of rotatable bonds is 4. The first-order valence-corrected chi connectivity index (χ1v) is 13.1. The highest BCUT2D eigenvalue weighted by molar-refractivity contribution is 9.10. The molecule has 0 N–H and O–H groups in total. The van der Waals surface area contributed by atoms with Gasteiger partial charge in [0.15, 0.2) is 5.16 Å². The van der Waals surface area contributed by atoms with Gasteiger partial charge >= 0.3 is 0 Å². The lowest BCUT2D eigenvalue weighted by molar-refractivity contribution is -0.0379. The topological polar surface area (TPSA) is 44.1 Å². The zero-order valence-corrected chi connectivity index (χ0v) is 21.5. The van der Waals surface area contributed by atoms with Crippen molar-refractivity contribution in [2.45, 2.75) is 43.4 Å². The zero-order valence-electron chi connectivity index (χ0n) is 17.5. The van der Waals surface area contributed by atoms with Crippen LogP contribution in [-0.4, -0.2) is 15.2 Å². The molecule has 0 bridgehead atoms. The Morgan fingerprint density at radius 3 is 2.62 bits per heavy atom. The largest absolute Gasteiger partial charge is 0.370 e. The van der Waals surface area contributed by atoms with E-state index in [2.05, 4.69) is 41.9 Å². The number of aromatic nitrogens is 2. The van der Waals surface area contributed by atoms with Crippen molar-refractivity contribution in [3.63, 3.8) is 0 Å². The third kappa shape index (κ3) is 4.29. The molecule has 1 aliphatic rings. The van der Waals surface area contributed by atoms with E-state index in [4.69, 9.17) is 21.3 Å². The van der Waals surface area contributed by atoms with Gasteiger partial charge in [0.2, 0.25) is 0 Å². The van der Waals surface area contributed by atoms with Crippen molar-refractivity contribution in [1.29, 1.82) is 0 Å². The van der Waals surface area contributed by atoms with Crippen LogP contribution < -0.4 is 5.56 Å². The van der Waals surface area contributed by atoms with Crippen LogP contribution in [0, 0.1) is 0 Å². The molecule has 8 heteroatoms. The van der Waals surface area contributed by atoms with Crippen LogP contribution in [0.2, 0.25) is 5.02 Å². The summed E-state index contributed by atoms with van der Waals surface area (Å²) in [7, 11) is 0. The summed E-state index contributed by atoms with van der Waals surface area (Å²) in [5.74, 6) is 0.708. The summed E-state index contributed by atoms with van der Waals surface area (Å²) in [6, 6.07) is 15.5. The van der Waals surface area contributed by atoms with Crippen molar-refractivity contribution in [2.75, 3.05) is 0 Å². The van der Waals surface area contributed by atoms with Gasteiger partial charge in [-0.1, -0.05) is 51.4 Å². The molecular formula is C24H20BrClN2O2S2. The van der Waals surface area contributed by atoms with Crippen LogP contribution in [0.4, 0.5) is 0 Å². The summed E-state index contributed by atoms with van der Waals surface area (Å²) in [6.45, 7) is 4.64. The van der Waals surface area contributed by atoms with Gasteiger partial charge in [-0.2, -0.15) is 0 Å². The lowest BCUT2D eigenvalue weighted by atomic mass is 9.94. The number of thioether (sulfide) groups is 1. The van der Waals surface area contributed by atoms with Crippen molar-refractivity contribution in [2.24, 2.45) is 0 Å².